The second-order valence-corrected chi connectivity index (χ2v) is 5.37. The fraction of sp³-hybridized carbons (Fsp3) is 0.188. The van der Waals surface area contributed by atoms with Crippen molar-refractivity contribution >= 4 is 40.5 Å². The van der Waals surface area contributed by atoms with Crippen molar-refractivity contribution in [2.24, 2.45) is 0 Å². The summed E-state index contributed by atoms with van der Waals surface area (Å²) < 4.78 is 5.14. The second kappa shape index (κ2) is 7.92. The van der Waals surface area contributed by atoms with Crippen LogP contribution in [0.1, 0.15) is 6.42 Å². The first-order chi connectivity index (χ1) is 10.6. The zero-order valence-electron chi connectivity index (χ0n) is 12.0. The Labute approximate surface area is 139 Å². The fourth-order valence-corrected chi connectivity index (χ4v) is 2.36. The van der Waals surface area contributed by atoms with Crippen LogP contribution in [-0.2, 0) is 4.79 Å². The fourth-order valence-electron chi connectivity index (χ4n) is 1.87. The Balaban J connectivity index is 1.85. The van der Waals surface area contributed by atoms with Crippen molar-refractivity contribution < 1.29 is 9.53 Å². The molecule has 6 heteroatoms. The lowest BCUT2D eigenvalue weighted by atomic mass is 10.2. The predicted octanol–water partition coefficient (Wildman–Crippen LogP) is 4.44. The van der Waals surface area contributed by atoms with Crippen molar-refractivity contribution in [1.29, 1.82) is 0 Å². The zero-order valence-corrected chi connectivity index (χ0v) is 13.5. The number of ether oxygens (including phenoxy) is 1. The van der Waals surface area contributed by atoms with Gasteiger partial charge in [0.05, 0.1) is 22.8 Å². The number of hydrogen-bond acceptors (Lipinski definition) is 3. The molecule has 2 aromatic carbocycles. The summed E-state index contributed by atoms with van der Waals surface area (Å²) >= 11 is 12.0. The number of halogens is 2. The molecule has 2 rings (SSSR count). The molecular formula is C16H16Cl2N2O2. The van der Waals surface area contributed by atoms with Gasteiger partial charge < -0.3 is 15.4 Å². The van der Waals surface area contributed by atoms with Gasteiger partial charge in [0, 0.05) is 24.7 Å². The van der Waals surface area contributed by atoms with E-state index in [-0.39, 0.29) is 5.91 Å². The van der Waals surface area contributed by atoms with Gasteiger partial charge >= 0.3 is 0 Å². The first-order valence-corrected chi connectivity index (χ1v) is 7.47. The summed E-state index contributed by atoms with van der Waals surface area (Å²) in [6.07, 6.45) is 0.290. The molecular weight excluding hydrogens is 323 g/mol. The number of benzene rings is 2. The van der Waals surface area contributed by atoms with Crippen LogP contribution in [0.5, 0.6) is 5.75 Å². The number of amides is 1. The van der Waals surface area contributed by atoms with E-state index in [2.05, 4.69) is 10.6 Å². The van der Waals surface area contributed by atoms with Gasteiger partial charge in [0.1, 0.15) is 5.75 Å². The lowest BCUT2D eigenvalue weighted by Gasteiger charge is -2.10. The third kappa shape index (κ3) is 4.55. The molecule has 0 saturated heterocycles. The summed E-state index contributed by atoms with van der Waals surface area (Å²) in [6.45, 7) is 0.487. The van der Waals surface area contributed by atoms with Crippen molar-refractivity contribution in [3.8, 4) is 5.75 Å². The molecule has 0 fully saturated rings. The number of nitrogens with one attached hydrogen (secondary N) is 2. The third-order valence-corrected chi connectivity index (χ3v) is 3.61. The summed E-state index contributed by atoms with van der Waals surface area (Å²) in [5, 5.41) is 6.71. The van der Waals surface area contributed by atoms with E-state index in [0.717, 1.165) is 11.4 Å². The highest BCUT2D eigenvalue weighted by Gasteiger charge is 2.09. The maximum Gasteiger partial charge on any atom is 0.226 e. The molecule has 4 nitrogen and oxygen atoms in total. The highest BCUT2D eigenvalue weighted by Crippen LogP contribution is 2.29. The van der Waals surface area contributed by atoms with Crippen LogP contribution in [0.25, 0.3) is 0 Å². The molecule has 0 aromatic heterocycles. The van der Waals surface area contributed by atoms with Gasteiger partial charge in [0.2, 0.25) is 5.91 Å². The molecule has 0 atom stereocenters. The van der Waals surface area contributed by atoms with Gasteiger partial charge in [-0.1, -0.05) is 35.3 Å². The molecule has 0 aliphatic heterocycles. The predicted molar refractivity (Wildman–Crippen MR) is 91.2 cm³/mol. The maximum absolute atomic E-state index is 11.9. The van der Waals surface area contributed by atoms with E-state index in [1.807, 2.05) is 24.3 Å². The van der Waals surface area contributed by atoms with Gasteiger partial charge in [-0.2, -0.15) is 0 Å². The molecule has 0 spiro atoms. The van der Waals surface area contributed by atoms with Crippen molar-refractivity contribution in [3.63, 3.8) is 0 Å². The van der Waals surface area contributed by atoms with Gasteiger partial charge in [0.25, 0.3) is 0 Å². The van der Waals surface area contributed by atoms with Crippen molar-refractivity contribution in [2.45, 2.75) is 6.42 Å². The third-order valence-electron chi connectivity index (χ3n) is 2.98. The molecule has 0 unspecified atom stereocenters. The number of anilines is 2. The highest BCUT2D eigenvalue weighted by atomic mass is 35.5. The Bertz CT molecular complexity index is 642. The van der Waals surface area contributed by atoms with Crippen molar-refractivity contribution in [1.82, 2.24) is 0 Å². The smallest absolute Gasteiger partial charge is 0.226 e. The molecule has 0 saturated carbocycles. The van der Waals surface area contributed by atoms with Gasteiger partial charge in [-0.25, -0.2) is 0 Å². The van der Waals surface area contributed by atoms with Gasteiger partial charge in [-0.3, -0.25) is 4.79 Å². The number of carbonyl (C=O) groups is 1. The normalized spacial score (nSPS) is 10.1. The Kier molecular flexibility index (Phi) is 5.92. The summed E-state index contributed by atoms with van der Waals surface area (Å²) in [5.41, 5.74) is 1.33. The first kappa shape index (κ1) is 16.5. The Morgan fingerprint density at radius 1 is 1.14 bits per heavy atom. The Hall–Kier alpha value is -1.91. The Morgan fingerprint density at radius 3 is 2.50 bits per heavy atom. The number of carbonyl (C=O) groups excluding carboxylic acids is 1. The zero-order chi connectivity index (χ0) is 15.9. The minimum atomic E-state index is -0.162. The second-order valence-electron chi connectivity index (χ2n) is 4.55. The van der Waals surface area contributed by atoms with Gasteiger partial charge in [-0.15, -0.1) is 0 Å². The standard InChI is InChI=1S/C16H16Cl2N2O2/c1-22-12-5-2-4-11(10-12)19-9-8-15(21)20-16-13(17)6-3-7-14(16)18/h2-7,10,19H,8-9H2,1H3,(H,20,21). The monoisotopic (exact) mass is 338 g/mol. The van der Waals surface area contributed by atoms with Crippen LogP contribution in [-0.4, -0.2) is 19.6 Å². The Morgan fingerprint density at radius 2 is 1.82 bits per heavy atom. The summed E-state index contributed by atoms with van der Waals surface area (Å²) in [7, 11) is 1.61. The molecule has 2 N–H and O–H groups in total. The minimum Gasteiger partial charge on any atom is -0.497 e. The summed E-state index contributed by atoms with van der Waals surface area (Å²) in [4.78, 5) is 11.9. The quantitative estimate of drug-likeness (QED) is 0.818. The molecule has 0 aliphatic rings. The van der Waals surface area contributed by atoms with Gasteiger partial charge in [-0.05, 0) is 24.3 Å². The lowest BCUT2D eigenvalue weighted by molar-refractivity contribution is -0.115. The van der Waals surface area contributed by atoms with Crippen LogP contribution in [0.3, 0.4) is 0 Å². The van der Waals surface area contributed by atoms with Gasteiger partial charge in [0.15, 0.2) is 0 Å². The molecule has 22 heavy (non-hydrogen) atoms. The average Bonchev–Trinajstić information content (AvgIpc) is 2.51. The van der Waals surface area contributed by atoms with Crippen LogP contribution in [0.4, 0.5) is 11.4 Å². The molecule has 1 amide bonds. The molecule has 0 bridgehead atoms. The lowest BCUT2D eigenvalue weighted by Crippen LogP contribution is -2.16. The van der Waals surface area contributed by atoms with Crippen LogP contribution in [0.2, 0.25) is 10.0 Å². The van der Waals surface area contributed by atoms with E-state index in [4.69, 9.17) is 27.9 Å². The van der Waals surface area contributed by atoms with Crippen LogP contribution in [0.15, 0.2) is 42.5 Å². The van der Waals surface area contributed by atoms with E-state index in [1.165, 1.54) is 0 Å². The maximum atomic E-state index is 11.9. The average molecular weight is 339 g/mol. The van der Waals surface area contributed by atoms with Crippen molar-refractivity contribution in [2.75, 3.05) is 24.3 Å². The molecule has 0 heterocycles. The summed E-state index contributed by atoms with van der Waals surface area (Å²) in [5.74, 6) is 0.600. The van der Waals surface area contributed by atoms with E-state index in [9.17, 15) is 4.79 Å². The SMILES string of the molecule is COc1cccc(NCCC(=O)Nc2c(Cl)cccc2Cl)c1. The highest BCUT2D eigenvalue weighted by molar-refractivity contribution is 6.39. The van der Waals surface area contributed by atoms with Crippen LogP contribution in [0, 0.1) is 0 Å². The molecule has 0 radical (unpaired) electrons. The van der Waals surface area contributed by atoms with Crippen LogP contribution >= 0.6 is 23.2 Å². The van der Waals surface area contributed by atoms with E-state index in [0.29, 0.717) is 28.7 Å². The first-order valence-electron chi connectivity index (χ1n) is 6.72. The summed E-state index contributed by atoms with van der Waals surface area (Å²) in [6, 6.07) is 12.6. The van der Waals surface area contributed by atoms with E-state index in [1.54, 1.807) is 25.3 Å². The van der Waals surface area contributed by atoms with Crippen molar-refractivity contribution in [3.05, 3.63) is 52.5 Å². The number of hydrogen-bond donors (Lipinski definition) is 2. The van der Waals surface area contributed by atoms with E-state index < -0.39 is 0 Å². The van der Waals surface area contributed by atoms with Crippen LogP contribution < -0.4 is 15.4 Å². The topological polar surface area (TPSA) is 50.4 Å². The number of para-hydroxylation sites is 1. The minimum absolute atomic E-state index is 0.162. The largest absolute Gasteiger partial charge is 0.497 e. The molecule has 116 valence electrons. The van der Waals surface area contributed by atoms with E-state index >= 15 is 0 Å². The number of rotatable bonds is 6. The molecule has 0 aliphatic carbocycles. The molecule has 2 aromatic rings. The number of methoxy groups -OCH3 is 1.